The molecule has 0 amide bonds. The van der Waals surface area contributed by atoms with Crippen molar-refractivity contribution in [3.63, 3.8) is 0 Å². The topological polar surface area (TPSA) is 35.5 Å². The summed E-state index contributed by atoms with van der Waals surface area (Å²) in [6.07, 6.45) is 0. The average Bonchev–Trinajstić information content (AvgIpc) is 2.21. The van der Waals surface area contributed by atoms with Crippen LogP contribution in [0.25, 0.3) is 0 Å². The molecule has 6 heteroatoms. The molecule has 14 heavy (non-hydrogen) atoms. The van der Waals surface area contributed by atoms with Crippen LogP contribution in [0.2, 0.25) is 5.02 Å². The molecule has 0 saturated heterocycles. The highest BCUT2D eigenvalue weighted by Crippen LogP contribution is 2.63. The molecule has 0 atom stereocenters. The van der Waals surface area contributed by atoms with Gasteiger partial charge in [-0.25, -0.2) is 4.57 Å². The van der Waals surface area contributed by atoms with E-state index in [2.05, 4.69) is 0 Å². The molecule has 0 aliphatic carbocycles. The van der Waals surface area contributed by atoms with Crippen molar-refractivity contribution < 1.29 is 13.6 Å². The third-order valence-corrected chi connectivity index (χ3v) is 5.76. The van der Waals surface area contributed by atoms with Gasteiger partial charge < -0.3 is 9.05 Å². The van der Waals surface area contributed by atoms with Crippen molar-refractivity contribution in [3.05, 3.63) is 29.3 Å². The first-order valence-electron chi connectivity index (χ1n) is 3.77. The molecule has 1 aromatic rings. The Morgan fingerprint density at radius 3 is 2.36 bits per heavy atom. The summed E-state index contributed by atoms with van der Waals surface area (Å²) in [7, 11) is 2.68. The van der Waals surface area contributed by atoms with E-state index in [1.165, 1.54) is 14.2 Å². The van der Waals surface area contributed by atoms with E-state index in [1.54, 1.807) is 18.2 Å². The maximum atomic E-state index is 11.7. The summed E-state index contributed by atoms with van der Waals surface area (Å²) in [6, 6.07) is 7.10. The van der Waals surface area contributed by atoms with E-state index in [4.69, 9.17) is 20.6 Å². The summed E-state index contributed by atoms with van der Waals surface area (Å²) in [5.41, 5.74) is 0. The molecule has 1 rings (SSSR count). The first-order valence-corrected chi connectivity index (χ1v) is 7.11. The molecule has 0 saturated carbocycles. The quantitative estimate of drug-likeness (QED) is 0.763. The van der Waals surface area contributed by atoms with Crippen molar-refractivity contribution >= 4 is 29.8 Å². The van der Waals surface area contributed by atoms with Crippen LogP contribution < -0.4 is 0 Å². The van der Waals surface area contributed by atoms with Gasteiger partial charge in [0, 0.05) is 19.1 Å². The summed E-state index contributed by atoms with van der Waals surface area (Å²) in [4.78, 5) is 0.682. The first kappa shape index (κ1) is 12.1. The number of benzene rings is 1. The molecular weight excluding hydrogens is 243 g/mol. The summed E-state index contributed by atoms with van der Waals surface area (Å²) in [5, 5.41) is 0.534. The predicted molar refractivity (Wildman–Crippen MR) is 58.9 cm³/mol. The molecule has 1 aromatic carbocycles. The highest BCUT2D eigenvalue weighted by atomic mass is 35.5. The Morgan fingerprint density at radius 1 is 1.29 bits per heavy atom. The zero-order chi connectivity index (χ0) is 10.6. The number of hydrogen-bond donors (Lipinski definition) is 0. The van der Waals surface area contributed by atoms with Gasteiger partial charge in [-0.15, -0.1) is 0 Å². The number of hydrogen-bond acceptors (Lipinski definition) is 4. The summed E-state index contributed by atoms with van der Waals surface area (Å²) >= 11 is 6.89. The van der Waals surface area contributed by atoms with Crippen molar-refractivity contribution in [1.82, 2.24) is 0 Å². The SMILES string of the molecule is COP(=O)(OC)Sc1ccccc1Cl. The Bertz CT molecular complexity index is 350. The van der Waals surface area contributed by atoms with Crippen LogP contribution in [-0.4, -0.2) is 14.2 Å². The Morgan fingerprint density at radius 2 is 1.86 bits per heavy atom. The Balaban J connectivity index is 2.88. The third-order valence-electron chi connectivity index (χ3n) is 1.49. The summed E-state index contributed by atoms with van der Waals surface area (Å²) in [6.45, 7) is -3.10. The van der Waals surface area contributed by atoms with E-state index in [1.807, 2.05) is 6.07 Å². The molecule has 0 bridgehead atoms. The monoisotopic (exact) mass is 252 g/mol. The van der Waals surface area contributed by atoms with Gasteiger partial charge in [-0.1, -0.05) is 23.7 Å². The van der Waals surface area contributed by atoms with Gasteiger partial charge in [0.25, 0.3) is 0 Å². The zero-order valence-electron chi connectivity index (χ0n) is 7.77. The Labute approximate surface area is 92.0 Å². The molecule has 0 aliphatic rings. The van der Waals surface area contributed by atoms with E-state index in [9.17, 15) is 4.57 Å². The molecule has 0 aromatic heterocycles. The first-order chi connectivity index (χ1) is 6.61. The second-order valence-electron chi connectivity index (χ2n) is 2.33. The molecule has 0 aliphatic heterocycles. The largest absolute Gasteiger partial charge is 0.393 e. The zero-order valence-corrected chi connectivity index (χ0v) is 10.2. The van der Waals surface area contributed by atoms with Crippen molar-refractivity contribution in [2.45, 2.75) is 4.90 Å². The maximum Gasteiger partial charge on any atom is 0.393 e. The second-order valence-corrected chi connectivity index (χ2v) is 6.88. The van der Waals surface area contributed by atoms with Gasteiger partial charge in [-0.2, -0.15) is 0 Å². The fourth-order valence-electron chi connectivity index (χ4n) is 0.788. The van der Waals surface area contributed by atoms with E-state index >= 15 is 0 Å². The molecule has 0 unspecified atom stereocenters. The molecule has 0 heterocycles. The number of halogens is 1. The molecule has 0 N–H and O–H groups in total. The smallest absolute Gasteiger partial charge is 0.304 e. The Kier molecular flexibility index (Phi) is 4.48. The predicted octanol–water partition coefficient (Wildman–Crippen LogP) is 3.83. The fourth-order valence-corrected chi connectivity index (χ4v) is 3.68. The van der Waals surface area contributed by atoms with Gasteiger partial charge in [-0.05, 0) is 23.5 Å². The van der Waals surface area contributed by atoms with Crippen LogP contribution in [0.1, 0.15) is 0 Å². The van der Waals surface area contributed by atoms with Crippen LogP contribution in [0.15, 0.2) is 29.2 Å². The van der Waals surface area contributed by atoms with Crippen molar-refractivity contribution in [3.8, 4) is 0 Å². The molecular formula is C8H10ClO3PS. The lowest BCUT2D eigenvalue weighted by Gasteiger charge is -2.12. The minimum absolute atomic E-state index is 0.534. The van der Waals surface area contributed by atoms with Crippen molar-refractivity contribution in [1.29, 1.82) is 0 Å². The Hall–Kier alpha value is 0.01000. The molecule has 0 radical (unpaired) electrons. The minimum atomic E-state index is -3.10. The van der Waals surface area contributed by atoms with Crippen LogP contribution >= 0.6 is 29.8 Å². The summed E-state index contributed by atoms with van der Waals surface area (Å²) < 4.78 is 21.3. The lowest BCUT2D eigenvalue weighted by atomic mass is 10.4. The van der Waals surface area contributed by atoms with Gasteiger partial charge >= 0.3 is 6.80 Å². The van der Waals surface area contributed by atoms with Crippen molar-refractivity contribution in [2.75, 3.05) is 14.2 Å². The lowest BCUT2D eigenvalue weighted by Crippen LogP contribution is -1.83. The van der Waals surface area contributed by atoms with Crippen LogP contribution in [0, 0.1) is 0 Å². The van der Waals surface area contributed by atoms with E-state index in [-0.39, 0.29) is 0 Å². The van der Waals surface area contributed by atoms with E-state index < -0.39 is 6.80 Å². The average molecular weight is 253 g/mol. The minimum Gasteiger partial charge on any atom is -0.304 e. The van der Waals surface area contributed by atoms with Gasteiger partial charge in [0.05, 0.1) is 5.02 Å². The van der Waals surface area contributed by atoms with Crippen LogP contribution in [0.4, 0.5) is 0 Å². The molecule has 0 fully saturated rings. The normalized spacial score (nSPS) is 11.6. The highest BCUT2D eigenvalue weighted by Gasteiger charge is 2.24. The maximum absolute atomic E-state index is 11.7. The lowest BCUT2D eigenvalue weighted by molar-refractivity contribution is 0.295. The molecule has 78 valence electrons. The van der Waals surface area contributed by atoms with Gasteiger partial charge in [0.15, 0.2) is 0 Å². The highest BCUT2D eigenvalue weighted by molar-refractivity contribution is 8.55. The summed E-state index contributed by atoms with van der Waals surface area (Å²) in [5.74, 6) is 0. The third kappa shape index (κ3) is 3.01. The van der Waals surface area contributed by atoms with Gasteiger partial charge in [0.1, 0.15) is 0 Å². The van der Waals surface area contributed by atoms with Gasteiger partial charge in [0.2, 0.25) is 0 Å². The van der Waals surface area contributed by atoms with Crippen LogP contribution in [0.3, 0.4) is 0 Å². The molecule has 3 nitrogen and oxygen atoms in total. The van der Waals surface area contributed by atoms with Gasteiger partial charge in [-0.3, -0.25) is 0 Å². The second kappa shape index (κ2) is 5.19. The number of rotatable bonds is 4. The van der Waals surface area contributed by atoms with Crippen LogP contribution in [0.5, 0.6) is 0 Å². The molecule has 0 spiro atoms. The van der Waals surface area contributed by atoms with E-state index in [0.29, 0.717) is 9.92 Å². The van der Waals surface area contributed by atoms with Crippen LogP contribution in [-0.2, 0) is 13.6 Å². The van der Waals surface area contributed by atoms with E-state index in [0.717, 1.165) is 11.4 Å². The van der Waals surface area contributed by atoms with Crippen molar-refractivity contribution in [2.24, 2.45) is 0 Å². The fraction of sp³-hybridized carbons (Fsp3) is 0.250. The standard InChI is InChI=1S/C8H10ClO3PS/c1-11-13(10,12-2)14-8-6-4-3-5-7(8)9/h3-6H,1-2H3.